The van der Waals surface area contributed by atoms with Gasteiger partial charge in [-0.3, -0.25) is 9.69 Å². The summed E-state index contributed by atoms with van der Waals surface area (Å²) in [5, 5.41) is 13.1. The van der Waals surface area contributed by atoms with Crippen molar-refractivity contribution in [1.29, 1.82) is 0 Å². The predicted molar refractivity (Wildman–Crippen MR) is 119 cm³/mol. The predicted octanol–water partition coefficient (Wildman–Crippen LogP) is 2.75. The van der Waals surface area contributed by atoms with Crippen LogP contribution in [0.15, 0.2) is 36.7 Å². The average molecular weight is 493 g/mol. The molecule has 0 atom stereocenters. The van der Waals surface area contributed by atoms with Gasteiger partial charge in [0.2, 0.25) is 0 Å². The van der Waals surface area contributed by atoms with E-state index in [4.69, 9.17) is 8.85 Å². The van der Waals surface area contributed by atoms with Gasteiger partial charge in [0.15, 0.2) is 5.75 Å². The van der Waals surface area contributed by atoms with Crippen LogP contribution in [0.4, 0.5) is 35.2 Å². The Morgan fingerprint density at radius 2 is 2.03 bits per heavy atom. The van der Waals surface area contributed by atoms with Crippen molar-refractivity contribution >= 4 is 29.1 Å². The van der Waals surface area contributed by atoms with Crippen molar-refractivity contribution in [2.24, 2.45) is 7.05 Å². The van der Waals surface area contributed by atoms with E-state index in [9.17, 15) is 22.8 Å². The van der Waals surface area contributed by atoms with Gasteiger partial charge in [0.1, 0.15) is 11.5 Å². The SMILES string of the molecule is [2H]C([2H])([2H])NC(=O)c1cnc(N2CCN(C(F)(F)F)C2=O)cc1Nc1cccc(-c2cnn(C)n2)c1OC. The number of aryl methyl sites for hydroxylation is 1. The maximum Gasteiger partial charge on any atom is 0.488 e. The molecule has 1 aliphatic rings. The molecule has 3 aromatic rings. The van der Waals surface area contributed by atoms with Crippen LogP contribution in [0.1, 0.15) is 14.5 Å². The van der Waals surface area contributed by atoms with Gasteiger partial charge in [-0.1, -0.05) is 6.07 Å². The monoisotopic (exact) mass is 493 g/mol. The van der Waals surface area contributed by atoms with Gasteiger partial charge in [-0.25, -0.2) is 14.7 Å². The van der Waals surface area contributed by atoms with E-state index in [-0.39, 0.29) is 34.3 Å². The Balaban J connectivity index is 1.77. The molecule has 3 amide bonds. The van der Waals surface area contributed by atoms with Crippen LogP contribution in [-0.4, -0.2) is 70.3 Å². The van der Waals surface area contributed by atoms with Crippen LogP contribution in [-0.2, 0) is 7.05 Å². The number of para-hydroxylation sites is 1. The molecule has 0 spiro atoms. The van der Waals surface area contributed by atoms with Gasteiger partial charge in [0.25, 0.3) is 5.91 Å². The first-order chi connectivity index (χ1) is 17.8. The molecule has 0 unspecified atom stereocenters. The largest absolute Gasteiger partial charge is 0.494 e. The second-order valence-corrected chi connectivity index (χ2v) is 7.33. The zero-order valence-corrected chi connectivity index (χ0v) is 18.4. The third-order valence-corrected chi connectivity index (χ3v) is 5.20. The summed E-state index contributed by atoms with van der Waals surface area (Å²) < 4.78 is 67.1. The van der Waals surface area contributed by atoms with Gasteiger partial charge in [0, 0.05) is 49.1 Å². The highest BCUT2D eigenvalue weighted by Gasteiger charge is 2.47. The smallest absolute Gasteiger partial charge is 0.488 e. The summed E-state index contributed by atoms with van der Waals surface area (Å²) in [5.74, 6) is -0.923. The topological polar surface area (TPSA) is 118 Å². The zero-order valence-electron chi connectivity index (χ0n) is 21.4. The van der Waals surface area contributed by atoms with Crippen LogP contribution in [0.25, 0.3) is 11.3 Å². The number of nitrogens with one attached hydrogen (secondary N) is 2. The van der Waals surface area contributed by atoms with E-state index in [0.29, 0.717) is 16.9 Å². The van der Waals surface area contributed by atoms with Crippen molar-refractivity contribution in [2.45, 2.75) is 6.30 Å². The van der Waals surface area contributed by atoms with Crippen molar-refractivity contribution < 1.29 is 31.6 Å². The van der Waals surface area contributed by atoms with Crippen LogP contribution < -0.4 is 20.3 Å². The highest BCUT2D eigenvalue weighted by molar-refractivity contribution is 6.02. The van der Waals surface area contributed by atoms with Crippen molar-refractivity contribution in [3.8, 4) is 17.0 Å². The molecule has 0 radical (unpaired) electrons. The minimum absolute atomic E-state index is 0.0374. The first-order valence-electron chi connectivity index (χ1n) is 11.6. The Morgan fingerprint density at radius 1 is 1.23 bits per heavy atom. The number of pyridine rings is 1. The second-order valence-electron chi connectivity index (χ2n) is 7.33. The van der Waals surface area contributed by atoms with Gasteiger partial charge in [-0.15, -0.1) is 13.2 Å². The number of aromatic nitrogens is 4. The highest BCUT2D eigenvalue weighted by atomic mass is 19.4. The normalized spacial score (nSPS) is 15.5. The lowest BCUT2D eigenvalue weighted by atomic mass is 10.1. The lowest BCUT2D eigenvalue weighted by molar-refractivity contribution is -0.218. The Hall–Kier alpha value is -4.36. The fourth-order valence-electron chi connectivity index (χ4n) is 3.60. The summed E-state index contributed by atoms with van der Waals surface area (Å²) in [4.78, 5) is 31.0. The number of hydrogen-bond acceptors (Lipinski definition) is 7. The zero-order chi connectivity index (χ0) is 27.8. The molecule has 3 heterocycles. The summed E-state index contributed by atoms with van der Waals surface area (Å²) in [5.41, 5.74) is 1.03. The molecule has 1 fully saturated rings. The maximum atomic E-state index is 13.2. The molecular formula is C21H21F3N8O3. The van der Waals surface area contributed by atoms with E-state index < -0.39 is 31.8 Å². The molecule has 0 aliphatic carbocycles. The van der Waals surface area contributed by atoms with Crippen molar-refractivity contribution in [3.63, 3.8) is 0 Å². The third-order valence-electron chi connectivity index (χ3n) is 5.20. The summed E-state index contributed by atoms with van der Waals surface area (Å²) >= 11 is 0. The molecule has 1 aliphatic heterocycles. The number of halogens is 3. The van der Waals surface area contributed by atoms with E-state index in [1.165, 1.54) is 24.2 Å². The van der Waals surface area contributed by atoms with Crippen LogP contribution in [0, 0.1) is 0 Å². The van der Waals surface area contributed by atoms with Gasteiger partial charge < -0.3 is 15.4 Å². The number of rotatable bonds is 6. The van der Waals surface area contributed by atoms with Gasteiger partial charge >= 0.3 is 12.3 Å². The van der Waals surface area contributed by atoms with E-state index >= 15 is 0 Å². The van der Waals surface area contributed by atoms with Crippen LogP contribution >= 0.6 is 0 Å². The number of urea groups is 1. The standard InChI is InChI=1S/C21H21F3N8O3/c1-25-19(33)13-10-26-17(31-7-8-32(20(31)34)21(22,23)24)9-15(13)28-14-6-4-5-12(18(14)35-3)16-11-27-30(2)29-16/h4-6,9-11H,7-8H2,1-3H3,(H,25,33)(H,26,28)/i1D3. The Bertz CT molecular complexity index is 1380. The number of carbonyl (C=O) groups is 2. The highest BCUT2D eigenvalue weighted by Crippen LogP contribution is 2.38. The molecule has 184 valence electrons. The summed E-state index contributed by atoms with van der Waals surface area (Å²) in [6.45, 7) is -3.74. The Kier molecular flexibility index (Phi) is 5.22. The molecule has 2 N–H and O–H groups in total. The molecular weight excluding hydrogens is 469 g/mol. The van der Waals surface area contributed by atoms with Crippen molar-refractivity contribution in [3.05, 3.63) is 42.2 Å². The number of carbonyl (C=O) groups excluding carboxylic acids is 2. The molecule has 35 heavy (non-hydrogen) atoms. The van der Waals surface area contributed by atoms with E-state index in [2.05, 4.69) is 20.5 Å². The number of alkyl halides is 3. The fourth-order valence-corrected chi connectivity index (χ4v) is 3.60. The van der Waals surface area contributed by atoms with Gasteiger partial charge in [-0.2, -0.15) is 15.0 Å². The van der Waals surface area contributed by atoms with Crippen molar-refractivity contribution in [1.82, 2.24) is 30.2 Å². The molecule has 11 nitrogen and oxygen atoms in total. The maximum absolute atomic E-state index is 13.2. The summed E-state index contributed by atoms with van der Waals surface area (Å²) in [6.07, 6.45) is -2.39. The van der Waals surface area contributed by atoms with Crippen LogP contribution in [0.2, 0.25) is 0 Å². The number of benzene rings is 1. The lowest BCUT2D eigenvalue weighted by Gasteiger charge is -2.21. The molecule has 0 bridgehead atoms. The number of anilines is 3. The van der Waals surface area contributed by atoms with E-state index in [1.807, 2.05) is 5.32 Å². The lowest BCUT2D eigenvalue weighted by Crippen LogP contribution is -2.41. The van der Waals surface area contributed by atoms with Gasteiger partial charge in [-0.05, 0) is 12.1 Å². The minimum atomic E-state index is -4.87. The molecule has 2 aromatic heterocycles. The average Bonchev–Trinajstić information content (AvgIpc) is 3.43. The number of amides is 3. The summed E-state index contributed by atoms with van der Waals surface area (Å²) in [6, 6.07) is 4.81. The van der Waals surface area contributed by atoms with Gasteiger partial charge in [0.05, 0.1) is 30.2 Å². The van der Waals surface area contributed by atoms with E-state index in [1.54, 1.807) is 25.2 Å². The number of ether oxygens (including phenoxy) is 1. The molecule has 0 saturated carbocycles. The van der Waals surface area contributed by atoms with Crippen molar-refractivity contribution in [2.75, 3.05) is 37.4 Å². The number of nitrogens with zero attached hydrogens (tertiary/aromatic N) is 6. The summed E-state index contributed by atoms with van der Waals surface area (Å²) in [7, 11) is 3.03. The minimum Gasteiger partial charge on any atom is -0.494 e. The number of methoxy groups -OCH3 is 1. The molecule has 1 saturated heterocycles. The van der Waals surface area contributed by atoms with E-state index in [0.717, 1.165) is 11.1 Å². The van der Waals surface area contributed by atoms with Crippen LogP contribution in [0.3, 0.4) is 0 Å². The molecule has 1 aromatic carbocycles. The molecule has 14 heteroatoms. The fraction of sp³-hybridized carbons (Fsp3) is 0.286. The third kappa shape index (κ3) is 4.54. The second kappa shape index (κ2) is 9.12. The molecule has 4 rings (SSSR count). The Labute approximate surface area is 201 Å². The number of hydrogen-bond donors (Lipinski definition) is 2. The quantitative estimate of drug-likeness (QED) is 0.507. The van der Waals surface area contributed by atoms with Crippen LogP contribution in [0.5, 0.6) is 5.75 Å². The first kappa shape index (κ1) is 20.1. The Morgan fingerprint density at radius 3 is 2.66 bits per heavy atom. The first-order valence-corrected chi connectivity index (χ1v) is 10.1.